The average Bonchev–Trinajstić information content (AvgIpc) is 2.29. The molecule has 2 N–H and O–H groups in total. The molecule has 18 heavy (non-hydrogen) atoms. The molecule has 100 valence electrons. The lowest BCUT2D eigenvalue weighted by Crippen LogP contribution is -2.42. The number of sulfonamides is 1. The van der Waals surface area contributed by atoms with Crippen molar-refractivity contribution in [1.82, 2.24) is 4.31 Å². The van der Waals surface area contributed by atoms with E-state index < -0.39 is 10.0 Å². The highest BCUT2D eigenvalue weighted by molar-refractivity contribution is 7.89. The molecule has 1 fully saturated rings. The van der Waals surface area contributed by atoms with Gasteiger partial charge in [-0.05, 0) is 37.5 Å². The van der Waals surface area contributed by atoms with Crippen molar-refractivity contribution in [2.24, 2.45) is 5.73 Å². The summed E-state index contributed by atoms with van der Waals surface area (Å²) >= 11 is 6.03. The Labute approximate surface area is 113 Å². The van der Waals surface area contributed by atoms with Crippen molar-refractivity contribution < 1.29 is 8.42 Å². The van der Waals surface area contributed by atoms with E-state index in [-0.39, 0.29) is 16.0 Å². The van der Waals surface area contributed by atoms with Crippen LogP contribution in [0.1, 0.15) is 18.4 Å². The number of hydrogen-bond acceptors (Lipinski definition) is 3. The van der Waals surface area contributed by atoms with Crippen LogP contribution in [0, 0.1) is 6.92 Å². The molecule has 0 unspecified atom stereocenters. The van der Waals surface area contributed by atoms with E-state index in [1.54, 1.807) is 18.2 Å². The highest BCUT2D eigenvalue weighted by Gasteiger charge is 2.29. The average molecular weight is 289 g/mol. The lowest BCUT2D eigenvalue weighted by Gasteiger charge is -2.29. The molecule has 4 nitrogen and oxygen atoms in total. The number of halogens is 1. The van der Waals surface area contributed by atoms with Gasteiger partial charge in [-0.25, -0.2) is 8.42 Å². The van der Waals surface area contributed by atoms with Crippen LogP contribution in [0.3, 0.4) is 0 Å². The van der Waals surface area contributed by atoms with Crippen molar-refractivity contribution in [3.8, 4) is 0 Å². The minimum Gasteiger partial charge on any atom is -0.328 e. The minimum atomic E-state index is -3.49. The first kappa shape index (κ1) is 13.8. The number of nitrogens with two attached hydrogens (primary N) is 1. The molecule has 6 heteroatoms. The van der Waals surface area contributed by atoms with E-state index in [9.17, 15) is 8.42 Å². The molecule has 1 heterocycles. The van der Waals surface area contributed by atoms with Crippen LogP contribution in [0.25, 0.3) is 0 Å². The normalized spacial score (nSPS) is 19.1. The molecule has 0 saturated carbocycles. The number of aryl methyl sites for hydroxylation is 1. The molecule has 0 bridgehead atoms. The van der Waals surface area contributed by atoms with Gasteiger partial charge >= 0.3 is 0 Å². The summed E-state index contributed by atoms with van der Waals surface area (Å²) in [7, 11) is -3.49. The van der Waals surface area contributed by atoms with Crippen LogP contribution in [0.5, 0.6) is 0 Å². The van der Waals surface area contributed by atoms with Gasteiger partial charge in [-0.3, -0.25) is 0 Å². The van der Waals surface area contributed by atoms with Gasteiger partial charge in [-0.1, -0.05) is 17.7 Å². The zero-order valence-corrected chi connectivity index (χ0v) is 11.8. The maximum Gasteiger partial charge on any atom is 0.244 e. The second-order valence-corrected chi connectivity index (χ2v) is 6.99. The second kappa shape index (κ2) is 5.17. The predicted octanol–water partition coefficient (Wildman–Crippen LogP) is 1.76. The Hall–Kier alpha value is -0.620. The molecule has 0 radical (unpaired) electrons. The van der Waals surface area contributed by atoms with E-state index >= 15 is 0 Å². The highest BCUT2D eigenvalue weighted by atomic mass is 35.5. The number of rotatable bonds is 2. The van der Waals surface area contributed by atoms with Crippen molar-refractivity contribution in [3.05, 3.63) is 28.8 Å². The first-order chi connectivity index (χ1) is 8.41. The van der Waals surface area contributed by atoms with Gasteiger partial charge in [0.15, 0.2) is 0 Å². The third kappa shape index (κ3) is 2.69. The van der Waals surface area contributed by atoms with E-state index in [2.05, 4.69) is 0 Å². The SMILES string of the molecule is Cc1ccc(S(=O)(=O)N2CCC(N)CC2)c(Cl)c1. The van der Waals surface area contributed by atoms with Crippen LogP contribution >= 0.6 is 11.6 Å². The number of benzene rings is 1. The fourth-order valence-corrected chi connectivity index (χ4v) is 4.11. The van der Waals surface area contributed by atoms with E-state index in [1.807, 2.05) is 6.92 Å². The number of nitrogens with zero attached hydrogens (tertiary/aromatic N) is 1. The summed E-state index contributed by atoms with van der Waals surface area (Å²) in [4.78, 5) is 0.185. The summed E-state index contributed by atoms with van der Waals surface area (Å²) in [5, 5.41) is 0.282. The topological polar surface area (TPSA) is 63.4 Å². The molecule has 0 atom stereocenters. The van der Waals surface area contributed by atoms with E-state index in [0.29, 0.717) is 25.9 Å². The van der Waals surface area contributed by atoms with Crippen molar-refractivity contribution in [2.45, 2.75) is 30.7 Å². The van der Waals surface area contributed by atoms with Gasteiger partial charge in [0.1, 0.15) is 4.90 Å². The molecule has 1 aliphatic heterocycles. The molecule has 0 spiro atoms. The van der Waals surface area contributed by atoms with Crippen molar-refractivity contribution in [3.63, 3.8) is 0 Å². The number of hydrogen-bond donors (Lipinski definition) is 1. The van der Waals surface area contributed by atoms with E-state index in [0.717, 1.165) is 5.56 Å². The first-order valence-electron chi connectivity index (χ1n) is 5.93. The fraction of sp³-hybridized carbons (Fsp3) is 0.500. The molecule has 0 aromatic heterocycles. The summed E-state index contributed by atoms with van der Waals surface area (Å²) < 4.78 is 26.3. The third-order valence-corrected chi connectivity index (χ3v) is 5.59. The Bertz CT molecular complexity index is 537. The highest BCUT2D eigenvalue weighted by Crippen LogP contribution is 2.27. The predicted molar refractivity (Wildman–Crippen MR) is 72.2 cm³/mol. The first-order valence-corrected chi connectivity index (χ1v) is 7.75. The molecule has 0 amide bonds. The van der Waals surface area contributed by atoms with E-state index in [4.69, 9.17) is 17.3 Å². The van der Waals surface area contributed by atoms with Crippen molar-refractivity contribution in [2.75, 3.05) is 13.1 Å². The van der Waals surface area contributed by atoms with Gasteiger partial charge in [0, 0.05) is 19.1 Å². The fourth-order valence-electron chi connectivity index (χ4n) is 2.07. The molecular weight excluding hydrogens is 272 g/mol. The third-order valence-electron chi connectivity index (χ3n) is 3.20. The lowest BCUT2D eigenvalue weighted by atomic mass is 10.1. The summed E-state index contributed by atoms with van der Waals surface area (Å²) in [5.74, 6) is 0. The Morgan fingerprint density at radius 3 is 2.50 bits per heavy atom. The largest absolute Gasteiger partial charge is 0.328 e. The Morgan fingerprint density at radius 1 is 1.33 bits per heavy atom. The smallest absolute Gasteiger partial charge is 0.244 e. The van der Waals surface area contributed by atoms with Gasteiger partial charge in [0.2, 0.25) is 10.0 Å². The minimum absolute atomic E-state index is 0.102. The van der Waals surface area contributed by atoms with Crippen LogP contribution < -0.4 is 5.73 Å². The zero-order chi connectivity index (χ0) is 13.3. The van der Waals surface area contributed by atoms with Gasteiger partial charge in [-0.2, -0.15) is 4.31 Å². The summed E-state index contributed by atoms with van der Waals surface area (Å²) in [6.07, 6.45) is 1.39. The van der Waals surface area contributed by atoms with Crippen LogP contribution in [-0.4, -0.2) is 31.9 Å². The van der Waals surface area contributed by atoms with Crippen molar-refractivity contribution >= 4 is 21.6 Å². The maximum absolute atomic E-state index is 12.4. The van der Waals surface area contributed by atoms with Crippen LogP contribution in [0.2, 0.25) is 5.02 Å². The Kier molecular flexibility index (Phi) is 3.96. The molecule has 2 rings (SSSR count). The molecule has 1 aromatic rings. The summed E-state index contributed by atoms with van der Waals surface area (Å²) in [6.45, 7) is 2.81. The monoisotopic (exact) mass is 288 g/mol. The molecule has 1 aromatic carbocycles. The van der Waals surface area contributed by atoms with Gasteiger partial charge in [0.25, 0.3) is 0 Å². The van der Waals surface area contributed by atoms with Gasteiger partial charge < -0.3 is 5.73 Å². The molecule has 1 aliphatic rings. The maximum atomic E-state index is 12.4. The van der Waals surface area contributed by atoms with Gasteiger partial charge in [0.05, 0.1) is 5.02 Å². The van der Waals surface area contributed by atoms with Crippen LogP contribution in [0.4, 0.5) is 0 Å². The lowest BCUT2D eigenvalue weighted by molar-refractivity contribution is 0.320. The molecular formula is C12H17ClN2O2S. The molecule has 1 saturated heterocycles. The number of piperidine rings is 1. The second-order valence-electron chi connectivity index (χ2n) is 4.68. The Balaban J connectivity index is 2.30. The van der Waals surface area contributed by atoms with Crippen LogP contribution in [-0.2, 0) is 10.0 Å². The Morgan fingerprint density at radius 2 is 1.94 bits per heavy atom. The van der Waals surface area contributed by atoms with Crippen LogP contribution in [0.15, 0.2) is 23.1 Å². The standard InChI is InChI=1S/C12H17ClN2O2S/c1-9-2-3-12(11(13)8-9)18(16,17)15-6-4-10(14)5-7-15/h2-3,8,10H,4-7,14H2,1H3. The summed E-state index contributed by atoms with van der Waals surface area (Å²) in [5.41, 5.74) is 6.73. The summed E-state index contributed by atoms with van der Waals surface area (Å²) in [6, 6.07) is 5.10. The zero-order valence-electron chi connectivity index (χ0n) is 10.3. The van der Waals surface area contributed by atoms with Gasteiger partial charge in [-0.15, -0.1) is 0 Å². The van der Waals surface area contributed by atoms with E-state index in [1.165, 1.54) is 4.31 Å². The molecule has 0 aliphatic carbocycles. The van der Waals surface area contributed by atoms with Crippen molar-refractivity contribution in [1.29, 1.82) is 0 Å². The quantitative estimate of drug-likeness (QED) is 0.902.